The zero-order chi connectivity index (χ0) is 12.3. The van der Waals surface area contributed by atoms with Crippen LogP contribution in [0.25, 0.3) is 0 Å². The number of ether oxygens (including phenoxy) is 1. The summed E-state index contributed by atoms with van der Waals surface area (Å²) in [6.45, 7) is 7.11. The predicted molar refractivity (Wildman–Crippen MR) is 69.0 cm³/mol. The molecule has 3 nitrogen and oxygen atoms in total. The molecule has 1 saturated carbocycles. The number of rotatable bonds is 3. The lowest BCUT2D eigenvalue weighted by Crippen LogP contribution is -2.55. The van der Waals surface area contributed by atoms with Gasteiger partial charge in [-0.15, -0.1) is 0 Å². The molecule has 1 saturated heterocycles. The maximum Gasteiger partial charge on any atom is 0.0695 e. The van der Waals surface area contributed by atoms with Crippen molar-refractivity contribution in [1.82, 2.24) is 4.90 Å². The molecule has 0 aromatic carbocycles. The van der Waals surface area contributed by atoms with Gasteiger partial charge in [0.15, 0.2) is 0 Å². The summed E-state index contributed by atoms with van der Waals surface area (Å²) in [6.07, 6.45) is 5.85. The highest BCUT2D eigenvalue weighted by atomic mass is 16.5. The Morgan fingerprint density at radius 2 is 2.18 bits per heavy atom. The molecule has 0 amide bonds. The second-order valence-corrected chi connectivity index (χ2v) is 5.76. The van der Waals surface area contributed by atoms with Crippen LogP contribution < -0.4 is 0 Å². The zero-order valence-corrected chi connectivity index (χ0v) is 11.3. The largest absolute Gasteiger partial charge is 0.391 e. The molecule has 0 spiro atoms. The fourth-order valence-corrected chi connectivity index (χ4v) is 3.47. The first kappa shape index (κ1) is 13.3. The van der Waals surface area contributed by atoms with Crippen LogP contribution in [0.15, 0.2) is 0 Å². The first-order chi connectivity index (χ1) is 8.22. The van der Waals surface area contributed by atoms with Crippen molar-refractivity contribution in [2.75, 3.05) is 19.8 Å². The third-order valence-corrected chi connectivity index (χ3v) is 4.43. The van der Waals surface area contributed by atoms with Crippen LogP contribution in [0.2, 0.25) is 0 Å². The first-order valence-electron chi connectivity index (χ1n) is 7.24. The summed E-state index contributed by atoms with van der Waals surface area (Å²) in [6, 6.07) is 0.836. The molecule has 100 valence electrons. The first-order valence-corrected chi connectivity index (χ1v) is 7.24. The van der Waals surface area contributed by atoms with Crippen molar-refractivity contribution >= 4 is 0 Å². The topological polar surface area (TPSA) is 32.7 Å². The monoisotopic (exact) mass is 241 g/mol. The Morgan fingerprint density at radius 1 is 1.35 bits per heavy atom. The van der Waals surface area contributed by atoms with E-state index in [1.165, 1.54) is 25.7 Å². The maximum absolute atomic E-state index is 10.2. The van der Waals surface area contributed by atoms with Gasteiger partial charge in [-0.25, -0.2) is 0 Å². The van der Waals surface area contributed by atoms with Gasteiger partial charge in [-0.2, -0.15) is 0 Å². The van der Waals surface area contributed by atoms with Crippen LogP contribution in [0.5, 0.6) is 0 Å². The van der Waals surface area contributed by atoms with E-state index in [-0.39, 0.29) is 6.10 Å². The molecule has 1 aliphatic heterocycles. The molecule has 0 aromatic heterocycles. The van der Waals surface area contributed by atoms with Crippen molar-refractivity contribution in [3.05, 3.63) is 0 Å². The summed E-state index contributed by atoms with van der Waals surface area (Å²) in [7, 11) is 0. The van der Waals surface area contributed by atoms with Gasteiger partial charge in [0.05, 0.1) is 19.3 Å². The average molecular weight is 241 g/mol. The van der Waals surface area contributed by atoms with E-state index >= 15 is 0 Å². The van der Waals surface area contributed by atoms with Gasteiger partial charge < -0.3 is 9.84 Å². The molecule has 17 heavy (non-hydrogen) atoms. The Hall–Kier alpha value is -0.120. The molecule has 1 aliphatic carbocycles. The van der Waals surface area contributed by atoms with Crippen LogP contribution in [-0.4, -0.2) is 48.0 Å². The van der Waals surface area contributed by atoms with Crippen LogP contribution in [0.4, 0.5) is 0 Å². The van der Waals surface area contributed by atoms with Gasteiger partial charge in [0, 0.05) is 18.6 Å². The number of aliphatic hydroxyl groups is 1. The van der Waals surface area contributed by atoms with E-state index in [1.54, 1.807) is 0 Å². The van der Waals surface area contributed by atoms with Crippen molar-refractivity contribution in [1.29, 1.82) is 0 Å². The van der Waals surface area contributed by atoms with Crippen molar-refractivity contribution in [2.45, 2.75) is 64.1 Å². The molecular formula is C14H27NO2. The van der Waals surface area contributed by atoms with Gasteiger partial charge >= 0.3 is 0 Å². The smallest absolute Gasteiger partial charge is 0.0695 e. The minimum Gasteiger partial charge on any atom is -0.391 e. The highest BCUT2D eigenvalue weighted by molar-refractivity contribution is 4.89. The quantitative estimate of drug-likeness (QED) is 0.820. The third-order valence-electron chi connectivity index (χ3n) is 4.43. The number of aliphatic hydroxyl groups excluding tert-OH is 1. The molecule has 1 heterocycles. The normalized spacial score (nSPS) is 40.4. The van der Waals surface area contributed by atoms with Gasteiger partial charge in [0.2, 0.25) is 0 Å². The SMILES string of the molecule is CCCC1CCC(O)C(N2CCOCC2C)C1. The molecule has 4 atom stereocenters. The third kappa shape index (κ3) is 3.21. The molecule has 3 heteroatoms. The number of morpholine rings is 1. The summed E-state index contributed by atoms with van der Waals surface area (Å²) in [4.78, 5) is 2.48. The number of nitrogens with zero attached hydrogens (tertiary/aromatic N) is 1. The second-order valence-electron chi connectivity index (χ2n) is 5.76. The minimum atomic E-state index is -0.122. The van der Waals surface area contributed by atoms with E-state index in [4.69, 9.17) is 4.74 Å². The lowest BCUT2D eigenvalue weighted by molar-refractivity contribution is -0.0727. The minimum absolute atomic E-state index is 0.122. The summed E-state index contributed by atoms with van der Waals surface area (Å²) in [5.74, 6) is 0.823. The molecule has 0 bridgehead atoms. The second kappa shape index (κ2) is 6.17. The lowest BCUT2D eigenvalue weighted by atomic mass is 9.80. The van der Waals surface area contributed by atoms with Crippen LogP contribution in [0.1, 0.15) is 46.0 Å². The lowest BCUT2D eigenvalue weighted by Gasteiger charge is -2.45. The predicted octanol–water partition coefficient (Wildman–Crippen LogP) is 2.04. The summed E-state index contributed by atoms with van der Waals surface area (Å²) in [5, 5.41) is 10.2. The van der Waals surface area contributed by atoms with Crippen LogP contribution >= 0.6 is 0 Å². The van der Waals surface area contributed by atoms with Crippen molar-refractivity contribution in [3.63, 3.8) is 0 Å². The maximum atomic E-state index is 10.2. The molecule has 4 unspecified atom stereocenters. The molecule has 1 N–H and O–H groups in total. The highest BCUT2D eigenvalue weighted by Crippen LogP contribution is 2.32. The number of hydrogen-bond donors (Lipinski definition) is 1. The number of hydrogen-bond acceptors (Lipinski definition) is 3. The van der Waals surface area contributed by atoms with E-state index in [1.807, 2.05) is 0 Å². The summed E-state index contributed by atoms with van der Waals surface area (Å²) >= 11 is 0. The van der Waals surface area contributed by atoms with Gasteiger partial charge in [-0.3, -0.25) is 4.90 Å². The Balaban J connectivity index is 1.96. The van der Waals surface area contributed by atoms with Gasteiger partial charge in [0.25, 0.3) is 0 Å². The van der Waals surface area contributed by atoms with E-state index < -0.39 is 0 Å². The molecule has 0 aromatic rings. The molecular weight excluding hydrogens is 214 g/mol. The van der Waals surface area contributed by atoms with Crippen molar-refractivity contribution < 1.29 is 9.84 Å². The van der Waals surface area contributed by atoms with Gasteiger partial charge in [-0.05, 0) is 32.1 Å². The summed E-state index contributed by atoms with van der Waals surface area (Å²) in [5.41, 5.74) is 0. The Morgan fingerprint density at radius 3 is 2.88 bits per heavy atom. The van der Waals surface area contributed by atoms with Crippen LogP contribution in [0, 0.1) is 5.92 Å². The van der Waals surface area contributed by atoms with Crippen molar-refractivity contribution in [2.24, 2.45) is 5.92 Å². The van der Waals surface area contributed by atoms with Crippen LogP contribution in [0.3, 0.4) is 0 Å². The van der Waals surface area contributed by atoms with E-state index in [9.17, 15) is 5.11 Å². The zero-order valence-electron chi connectivity index (χ0n) is 11.3. The molecule has 2 fully saturated rings. The molecule has 2 rings (SSSR count). The Kier molecular flexibility index (Phi) is 4.83. The standard InChI is InChI=1S/C14H27NO2/c1-3-4-12-5-6-14(16)13(9-12)15-7-8-17-10-11(15)2/h11-14,16H,3-10H2,1-2H3. The van der Waals surface area contributed by atoms with Crippen molar-refractivity contribution in [3.8, 4) is 0 Å². The fourth-order valence-electron chi connectivity index (χ4n) is 3.47. The van der Waals surface area contributed by atoms with E-state index in [0.717, 1.165) is 32.1 Å². The fraction of sp³-hybridized carbons (Fsp3) is 1.00. The summed E-state index contributed by atoms with van der Waals surface area (Å²) < 4.78 is 5.49. The van der Waals surface area contributed by atoms with Gasteiger partial charge in [0.1, 0.15) is 0 Å². The average Bonchev–Trinajstić information content (AvgIpc) is 2.33. The molecule has 0 radical (unpaired) electrons. The van der Waals surface area contributed by atoms with E-state index in [0.29, 0.717) is 12.1 Å². The van der Waals surface area contributed by atoms with E-state index in [2.05, 4.69) is 18.7 Å². The van der Waals surface area contributed by atoms with Crippen LogP contribution in [-0.2, 0) is 4.74 Å². The van der Waals surface area contributed by atoms with Gasteiger partial charge in [-0.1, -0.05) is 19.8 Å². The Bertz CT molecular complexity index is 234. The molecule has 2 aliphatic rings. The highest BCUT2D eigenvalue weighted by Gasteiger charge is 2.36. The Labute approximate surface area is 105 Å².